The van der Waals surface area contributed by atoms with Crippen LogP contribution in [-0.4, -0.2) is 101 Å². The van der Waals surface area contributed by atoms with E-state index in [4.69, 9.17) is 21.1 Å². The van der Waals surface area contributed by atoms with Crippen LogP contribution in [0.3, 0.4) is 0 Å². The second-order valence-corrected chi connectivity index (χ2v) is 13.0. The zero-order valence-electron chi connectivity index (χ0n) is 27.5. The van der Waals surface area contributed by atoms with Crippen molar-refractivity contribution in [3.63, 3.8) is 0 Å². The van der Waals surface area contributed by atoms with E-state index in [0.717, 1.165) is 118 Å². The van der Waals surface area contributed by atoms with E-state index in [1.807, 2.05) is 72.8 Å². The second-order valence-electron chi connectivity index (χ2n) is 11.6. The molecule has 2 fully saturated rings. The Labute approximate surface area is 298 Å². The number of amides is 4. The molecule has 0 aliphatic carbocycles. The highest BCUT2D eigenvalue weighted by Gasteiger charge is 2.11. The second kappa shape index (κ2) is 21.7. The Morgan fingerprint density at radius 2 is 1.10 bits per heavy atom. The predicted octanol–water partition coefficient (Wildman–Crippen LogP) is 6.92. The van der Waals surface area contributed by atoms with E-state index in [9.17, 15) is 9.59 Å². The standard InChI is InChI=1S/C21H26ClN3O2.C15H22BrN3O2/c22-20-6-2-1-5-19(20)17-7-9-18(10-8-17)24-21(26)23-11-3-4-12-25-13-15-27-16-14-25;16-13-3-5-14(6-4-13)18-15(20)17-7-1-2-8-19-9-11-21-12-10-19/h1-2,5-10H,3-4,11-16H2,(H2,23,24,26);3-6H,1-2,7-12H2,(H2,17,18,20). The average Bonchev–Trinajstić information content (AvgIpc) is 3.11. The monoisotopic (exact) mass is 742 g/mol. The smallest absolute Gasteiger partial charge is 0.319 e. The molecule has 4 amide bonds. The minimum Gasteiger partial charge on any atom is -0.379 e. The first-order valence-electron chi connectivity index (χ1n) is 16.8. The van der Waals surface area contributed by atoms with Gasteiger partial charge in [0.1, 0.15) is 0 Å². The highest BCUT2D eigenvalue weighted by molar-refractivity contribution is 9.10. The summed E-state index contributed by atoms with van der Waals surface area (Å²) >= 11 is 9.59. The van der Waals surface area contributed by atoms with Crippen LogP contribution in [-0.2, 0) is 9.47 Å². The van der Waals surface area contributed by atoms with Gasteiger partial charge in [0.2, 0.25) is 0 Å². The van der Waals surface area contributed by atoms with Gasteiger partial charge in [-0.25, -0.2) is 9.59 Å². The topological polar surface area (TPSA) is 107 Å². The van der Waals surface area contributed by atoms with E-state index >= 15 is 0 Å². The van der Waals surface area contributed by atoms with E-state index in [2.05, 4.69) is 47.0 Å². The molecule has 260 valence electrons. The van der Waals surface area contributed by atoms with Crippen LogP contribution in [0.25, 0.3) is 11.1 Å². The van der Waals surface area contributed by atoms with Gasteiger partial charge in [0.25, 0.3) is 0 Å². The summed E-state index contributed by atoms with van der Waals surface area (Å²) in [6.45, 7) is 10.9. The Hall–Kier alpha value is -3.19. The van der Waals surface area contributed by atoms with Crippen molar-refractivity contribution >= 4 is 51.0 Å². The molecule has 2 saturated heterocycles. The lowest BCUT2D eigenvalue weighted by atomic mass is 10.1. The molecule has 2 heterocycles. The number of carbonyl (C=O) groups excluding carboxylic acids is 2. The van der Waals surface area contributed by atoms with Crippen LogP contribution in [0.15, 0.2) is 77.3 Å². The largest absolute Gasteiger partial charge is 0.379 e. The highest BCUT2D eigenvalue weighted by atomic mass is 79.9. The number of urea groups is 2. The fourth-order valence-electron chi connectivity index (χ4n) is 5.29. The molecule has 0 bridgehead atoms. The summed E-state index contributed by atoms with van der Waals surface area (Å²) in [6.07, 6.45) is 4.13. The van der Waals surface area contributed by atoms with E-state index < -0.39 is 0 Å². The molecule has 3 aromatic rings. The van der Waals surface area contributed by atoms with Crippen LogP contribution in [0.5, 0.6) is 0 Å². The first kappa shape index (κ1) is 37.6. The Balaban J connectivity index is 0.000000224. The number of hydrogen-bond acceptors (Lipinski definition) is 6. The number of nitrogens with one attached hydrogen (secondary N) is 4. The lowest BCUT2D eigenvalue weighted by molar-refractivity contribution is 0.0372. The molecule has 0 spiro atoms. The number of rotatable bonds is 13. The number of nitrogens with zero attached hydrogens (tertiary/aromatic N) is 2. The van der Waals surface area contributed by atoms with Crippen LogP contribution in [0.1, 0.15) is 25.7 Å². The van der Waals surface area contributed by atoms with Crippen LogP contribution >= 0.6 is 27.5 Å². The van der Waals surface area contributed by atoms with E-state index in [1.54, 1.807) is 0 Å². The molecule has 0 saturated carbocycles. The van der Waals surface area contributed by atoms with Crippen LogP contribution < -0.4 is 21.3 Å². The fraction of sp³-hybridized carbons (Fsp3) is 0.444. The summed E-state index contributed by atoms with van der Waals surface area (Å²) in [5.74, 6) is 0. The fourth-order valence-corrected chi connectivity index (χ4v) is 5.80. The van der Waals surface area contributed by atoms with Gasteiger partial charge in [0.05, 0.1) is 26.4 Å². The molecule has 12 heteroatoms. The SMILES string of the molecule is O=C(NCCCCN1CCOCC1)Nc1ccc(-c2ccccc2Cl)cc1.O=C(NCCCCN1CCOCC1)Nc1ccc(Br)cc1. The maximum absolute atomic E-state index is 12.0. The minimum absolute atomic E-state index is 0.149. The lowest BCUT2D eigenvalue weighted by Crippen LogP contribution is -2.37. The summed E-state index contributed by atoms with van der Waals surface area (Å²) < 4.78 is 11.6. The molecular formula is C36H48BrClN6O4. The Morgan fingerprint density at radius 1 is 0.646 bits per heavy atom. The first-order chi connectivity index (χ1) is 23.5. The quantitative estimate of drug-likeness (QED) is 0.142. The molecule has 4 N–H and O–H groups in total. The Morgan fingerprint density at radius 3 is 1.58 bits per heavy atom. The number of hydrogen-bond donors (Lipinski definition) is 4. The summed E-state index contributed by atoms with van der Waals surface area (Å²) in [6, 6.07) is 22.6. The summed E-state index contributed by atoms with van der Waals surface area (Å²) in [4.78, 5) is 28.5. The maximum Gasteiger partial charge on any atom is 0.319 e. The van der Waals surface area contributed by atoms with Crippen molar-refractivity contribution in [1.29, 1.82) is 0 Å². The van der Waals surface area contributed by atoms with Gasteiger partial charge in [0.15, 0.2) is 0 Å². The third-order valence-corrected chi connectivity index (χ3v) is 8.87. The summed E-state index contributed by atoms with van der Waals surface area (Å²) in [7, 11) is 0. The lowest BCUT2D eigenvalue weighted by Gasteiger charge is -2.26. The first-order valence-corrected chi connectivity index (χ1v) is 17.9. The van der Waals surface area contributed by atoms with Crippen molar-refractivity contribution in [2.75, 3.05) is 89.4 Å². The van der Waals surface area contributed by atoms with Crippen LogP contribution in [0, 0.1) is 0 Å². The average molecular weight is 744 g/mol. The van der Waals surface area contributed by atoms with Gasteiger partial charge in [-0.2, -0.15) is 0 Å². The number of halogens is 2. The highest BCUT2D eigenvalue weighted by Crippen LogP contribution is 2.28. The van der Waals surface area contributed by atoms with Crippen molar-refractivity contribution in [2.45, 2.75) is 25.7 Å². The molecule has 0 atom stereocenters. The summed E-state index contributed by atoms with van der Waals surface area (Å²) in [5.41, 5.74) is 3.56. The minimum atomic E-state index is -0.174. The number of ether oxygens (including phenoxy) is 2. The van der Waals surface area contributed by atoms with Gasteiger partial charge in [-0.3, -0.25) is 9.80 Å². The molecule has 2 aliphatic heterocycles. The van der Waals surface area contributed by atoms with Gasteiger partial charge in [0, 0.05) is 65.7 Å². The van der Waals surface area contributed by atoms with Gasteiger partial charge in [-0.15, -0.1) is 0 Å². The molecular weight excluding hydrogens is 696 g/mol. The van der Waals surface area contributed by atoms with Crippen LogP contribution in [0.2, 0.25) is 5.02 Å². The number of morpholine rings is 2. The van der Waals surface area contributed by atoms with Gasteiger partial charge < -0.3 is 30.7 Å². The third kappa shape index (κ3) is 14.5. The van der Waals surface area contributed by atoms with Gasteiger partial charge in [-0.05, 0) is 86.8 Å². The zero-order chi connectivity index (χ0) is 33.8. The molecule has 10 nitrogen and oxygen atoms in total. The van der Waals surface area contributed by atoms with Crippen molar-refractivity contribution in [1.82, 2.24) is 20.4 Å². The number of benzene rings is 3. The summed E-state index contributed by atoms with van der Waals surface area (Å²) in [5, 5.41) is 12.2. The van der Waals surface area contributed by atoms with Crippen LogP contribution in [0.4, 0.5) is 21.0 Å². The number of unbranched alkanes of at least 4 members (excludes halogenated alkanes) is 2. The predicted molar refractivity (Wildman–Crippen MR) is 198 cm³/mol. The normalized spacial score (nSPS) is 15.1. The van der Waals surface area contributed by atoms with Crippen molar-refractivity contribution in [3.05, 3.63) is 82.3 Å². The maximum atomic E-state index is 12.0. The molecule has 3 aromatic carbocycles. The van der Waals surface area contributed by atoms with E-state index in [0.29, 0.717) is 18.1 Å². The van der Waals surface area contributed by atoms with Gasteiger partial charge in [-0.1, -0.05) is 57.9 Å². The third-order valence-electron chi connectivity index (χ3n) is 8.01. The van der Waals surface area contributed by atoms with E-state index in [-0.39, 0.29) is 12.1 Å². The Bertz CT molecular complexity index is 1370. The zero-order valence-corrected chi connectivity index (χ0v) is 29.9. The van der Waals surface area contributed by atoms with Gasteiger partial charge >= 0.3 is 12.1 Å². The number of carbonyl (C=O) groups is 2. The van der Waals surface area contributed by atoms with Crippen molar-refractivity contribution in [3.8, 4) is 11.1 Å². The molecule has 0 aromatic heterocycles. The van der Waals surface area contributed by atoms with E-state index in [1.165, 1.54) is 0 Å². The molecule has 0 radical (unpaired) electrons. The molecule has 2 aliphatic rings. The molecule has 5 rings (SSSR count). The molecule has 48 heavy (non-hydrogen) atoms. The van der Waals surface area contributed by atoms with Crippen molar-refractivity contribution < 1.29 is 19.1 Å². The van der Waals surface area contributed by atoms with Crippen molar-refractivity contribution in [2.24, 2.45) is 0 Å². The number of anilines is 2. The molecule has 0 unspecified atom stereocenters. The Kier molecular flexibility index (Phi) is 17.0.